The molecule has 0 bridgehead atoms. The zero-order valence-corrected chi connectivity index (χ0v) is 10.2. The molecular formula is C12H17N3O3. The predicted molar refractivity (Wildman–Crippen MR) is 67.6 cm³/mol. The molecule has 1 heterocycles. The minimum Gasteiger partial charge on any atom is -0.395 e. The van der Waals surface area contributed by atoms with Crippen LogP contribution in [0.25, 0.3) is 0 Å². The van der Waals surface area contributed by atoms with Gasteiger partial charge in [0.05, 0.1) is 11.5 Å². The first kappa shape index (κ1) is 12.8. The number of hydrogen-bond donors (Lipinski definition) is 1. The van der Waals surface area contributed by atoms with Gasteiger partial charge in [-0.1, -0.05) is 12.8 Å². The second-order valence-corrected chi connectivity index (χ2v) is 4.46. The van der Waals surface area contributed by atoms with E-state index in [0.29, 0.717) is 12.4 Å². The smallest absolute Gasteiger partial charge is 0.311 e. The van der Waals surface area contributed by atoms with Crippen molar-refractivity contribution in [3.05, 3.63) is 28.4 Å². The lowest BCUT2D eigenvalue weighted by molar-refractivity contribution is -0.384. The van der Waals surface area contributed by atoms with Crippen molar-refractivity contribution in [2.45, 2.75) is 31.7 Å². The number of anilines is 1. The van der Waals surface area contributed by atoms with Crippen LogP contribution < -0.4 is 4.90 Å². The Bertz CT molecular complexity index is 419. The van der Waals surface area contributed by atoms with E-state index in [1.54, 1.807) is 12.3 Å². The van der Waals surface area contributed by atoms with E-state index in [4.69, 9.17) is 5.11 Å². The Morgan fingerprint density at radius 2 is 2.22 bits per heavy atom. The highest BCUT2D eigenvalue weighted by molar-refractivity contribution is 5.58. The Labute approximate surface area is 105 Å². The van der Waals surface area contributed by atoms with Gasteiger partial charge in [-0.05, 0) is 18.9 Å². The zero-order chi connectivity index (χ0) is 13.0. The van der Waals surface area contributed by atoms with E-state index in [1.165, 1.54) is 6.07 Å². The minimum atomic E-state index is -0.415. The third-order valence-corrected chi connectivity index (χ3v) is 3.34. The van der Waals surface area contributed by atoms with E-state index in [0.717, 1.165) is 25.7 Å². The molecule has 0 radical (unpaired) electrons. The van der Waals surface area contributed by atoms with E-state index in [1.807, 2.05) is 4.90 Å². The molecule has 1 aliphatic rings. The van der Waals surface area contributed by atoms with Crippen molar-refractivity contribution in [1.29, 1.82) is 0 Å². The lowest BCUT2D eigenvalue weighted by Crippen LogP contribution is -2.36. The average Bonchev–Trinajstić information content (AvgIpc) is 2.89. The summed E-state index contributed by atoms with van der Waals surface area (Å²) >= 11 is 0. The Morgan fingerprint density at radius 3 is 2.83 bits per heavy atom. The van der Waals surface area contributed by atoms with Gasteiger partial charge in [-0.25, -0.2) is 4.98 Å². The van der Waals surface area contributed by atoms with Crippen molar-refractivity contribution < 1.29 is 10.0 Å². The molecule has 1 aliphatic carbocycles. The maximum Gasteiger partial charge on any atom is 0.311 e. The summed E-state index contributed by atoms with van der Waals surface area (Å²) in [6.45, 7) is 0.368. The molecule has 0 spiro atoms. The molecule has 6 heteroatoms. The van der Waals surface area contributed by atoms with Crippen LogP contribution in [0, 0.1) is 10.1 Å². The van der Waals surface area contributed by atoms with Crippen molar-refractivity contribution in [3.8, 4) is 0 Å². The molecule has 2 rings (SSSR count). The molecule has 0 aromatic carbocycles. The normalized spacial score (nSPS) is 15.8. The summed E-state index contributed by atoms with van der Waals surface area (Å²) in [6.07, 6.45) is 5.84. The lowest BCUT2D eigenvalue weighted by atomic mass is 10.2. The van der Waals surface area contributed by atoms with Crippen LogP contribution in [0.1, 0.15) is 25.7 Å². The second-order valence-electron chi connectivity index (χ2n) is 4.46. The summed E-state index contributed by atoms with van der Waals surface area (Å²) in [5, 5.41) is 20.2. The molecule has 1 aromatic heterocycles. The first-order valence-corrected chi connectivity index (χ1v) is 6.21. The average molecular weight is 251 g/mol. The highest BCUT2D eigenvalue weighted by Crippen LogP contribution is 2.31. The van der Waals surface area contributed by atoms with E-state index in [2.05, 4.69) is 4.98 Å². The monoisotopic (exact) mass is 251 g/mol. The van der Waals surface area contributed by atoms with Crippen LogP contribution in [0.2, 0.25) is 0 Å². The number of nitrogens with zero attached hydrogens (tertiary/aromatic N) is 3. The summed E-state index contributed by atoms with van der Waals surface area (Å²) in [5.41, 5.74) is 0.0119. The number of aliphatic hydroxyl groups is 1. The minimum absolute atomic E-state index is 0.0119. The molecule has 0 atom stereocenters. The summed E-state index contributed by atoms with van der Waals surface area (Å²) in [7, 11) is 0. The van der Waals surface area contributed by atoms with Crippen molar-refractivity contribution >= 4 is 11.5 Å². The molecule has 0 aliphatic heterocycles. The van der Waals surface area contributed by atoms with Crippen molar-refractivity contribution in [2.24, 2.45) is 0 Å². The summed E-state index contributed by atoms with van der Waals surface area (Å²) in [4.78, 5) is 16.6. The van der Waals surface area contributed by atoms with Gasteiger partial charge in [0.1, 0.15) is 0 Å². The van der Waals surface area contributed by atoms with E-state index >= 15 is 0 Å². The molecule has 18 heavy (non-hydrogen) atoms. The lowest BCUT2D eigenvalue weighted by Gasteiger charge is -2.28. The van der Waals surface area contributed by atoms with Gasteiger partial charge in [-0.3, -0.25) is 10.1 Å². The molecular weight excluding hydrogens is 234 g/mol. The van der Waals surface area contributed by atoms with E-state index in [-0.39, 0.29) is 18.3 Å². The molecule has 0 amide bonds. The van der Waals surface area contributed by atoms with E-state index in [9.17, 15) is 10.1 Å². The first-order valence-electron chi connectivity index (χ1n) is 6.21. The maximum absolute atomic E-state index is 11.0. The standard InChI is InChI=1S/C12H17N3O3/c16-9-8-14(10-4-1-2-5-10)12-11(15(17)18)6-3-7-13-12/h3,6-7,10,16H,1-2,4-5,8-9H2. The molecule has 1 aromatic rings. The fraction of sp³-hybridized carbons (Fsp3) is 0.583. The van der Waals surface area contributed by atoms with Gasteiger partial charge in [0.2, 0.25) is 5.82 Å². The molecule has 0 saturated heterocycles. The predicted octanol–water partition coefficient (Wildman–Crippen LogP) is 1.73. The Morgan fingerprint density at radius 1 is 1.50 bits per heavy atom. The van der Waals surface area contributed by atoms with Crippen LogP contribution in [-0.4, -0.2) is 34.2 Å². The van der Waals surface area contributed by atoms with Crippen molar-refractivity contribution in [2.75, 3.05) is 18.1 Å². The van der Waals surface area contributed by atoms with Gasteiger partial charge < -0.3 is 10.0 Å². The first-order chi connectivity index (χ1) is 8.74. The Balaban J connectivity index is 2.32. The molecule has 1 fully saturated rings. The zero-order valence-electron chi connectivity index (χ0n) is 10.2. The molecule has 6 nitrogen and oxygen atoms in total. The Kier molecular flexibility index (Phi) is 4.09. The van der Waals surface area contributed by atoms with Crippen molar-refractivity contribution in [3.63, 3.8) is 0 Å². The van der Waals surface area contributed by atoms with Crippen LogP contribution in [-0.2, 0) is 0 Å². The highest BCUT2D eigenvalue weighted by Gasteiger charge is 2.28. The summed E-state index contributed by atoms with van der Waals surface area (Å²) in [6, 6.07) is 3.28. The van der Waals surface area contributed by atoms with Gasteiger partial charge in [-0.15, -0.1) is 0 Å². The van der Waals surface area contributed by atoms with Gasteiger partial charge in [0.15, 0.2) is 0 Å². The molecule has 0 unspecified atom stereocenters. The molecule has 98 valence electrons. The number of aliphatic hydroxyl groups excluding tert-OH is 1. The fourth-order valence-electron chi connectivity index (χ4n) is 2.54. The third-order valence-electron chi connectivity index (χ3n) is 3.34. The summed E-state index contributed by atoms with van der Waals surface area (Å²) < 4.78 is 0. The van der Waals surface area contributed by atoms with Crippen LogP contribution in [0.3, 0.4) is 0 Å². The SMILES string of the molecule is O=[N+]([O-])c1cccnc1N(CCO)C1CCCC1. The van der Waals surface area contributed by atoms with Crippen LogP contribution in [0.5, 0.6) is 0 Å². The van der Waals surface area contributed by atoms with E-state index < -0.39 is 4.92 Å². The quantitative estimate of drug-likeness (QED) is 0.636. The van der Waals surface area contributed by atoms with Crippen LogP contribution >= 0.6 is 0 Å². The number of hydrogen-bond acceptors (Lipinski definition) is 5. The largest absolute Gasteiger partial charge is 0.395 e. The maximum atomic E-state index is 11.0. The Hall–Kier alpha value is -1.69. The van der Waals surface area contributed by atoms with Gasteiger partial charge >= 0.3 is 5.69 Å². The third kappa shape index (κ3) is 2.59. The number of rotatable bonds is 5. The summed E-state index contributed by atoms with van der Waals surface area (Å²) in [5.74, 6) is 0.378. The van der Waals surface area contributed by atoms with Crippen LogP contribution in [0.15, 0.2) is 18.3 Å². The van der Waals surface area contributed by atoms with Crippen molar-refractivity contribution in [1.82, 2.24) is 4.98 Å². The van der Waals surface area contributed by atoms with Gasteiger partial charge in [0, 0.05) is 24.8 Å². The number of pyridine rings is 1. The van der Waals surface area contributed by atoms with Gasteiger partial charge in [0.25, 0.3) is 0 Å². The second kappa shape index (κ2) is 5.77. The topological polar surface area (TPSA) is 79.5 Å². The molecule has 1 N–H and O–H groups in total. The van der Waals surface area contributed by atoms with Crippen LogP contribution in [0.4, 0.5) is 11.5 Å². The van der Waals surface area contributed by atoms with Gasteiger partial charge in [-0.2, -0.15) is 0 Å². The number of aromatic nitrogens is 1. The highest BCUT2D eigenvalue weighted by atomic mass is 16.6. The number of nitro groups is 1. The molecule has 1 saturated carbocycles. The fourth-order valence-corrected chi connectivity index (χ4v) is 2.54.